The maximum Gasteiger partial charge on any atom is 0.335 e. The Balaban J connectivity index is 1.84. The zero-order valence-corrected chi connectivity index (χ0v) is 11.6. The molecule has 0 bridgehead atoms. The minimum atomic E-state index is -0.956. The predicted octanol–water partition coefficient (Wildman–Crippen LogP) is 2.48. The fourth-order valence-electron chi connectivity index (χ4n) is 2.57. The normalized spacial score (nSPS) is 13.9. The van der Waals surface area contributed by atoms with E-state index in [1.807, 2.05) is 6.07 Å². The summed E-state index contributed by atoms with van der Waals surface area (Å²) in [5.41, 5.74) is 2.23. The smallest absolute Gasteiger partial charge is 0.335 e. The fourth-order valence-corrected chi connectivity index (χ4v) is 2.57. The number of furan rings is 1. The molecule has 3 rings (SSSR count). The van der Waals surface area contributed by atoms with Crippen molar-refractivity contribution in [2.75, 3.05) is 6.54 Å². The number of carboxylic acid groups (broad SMARTS) is 1. The molecule has 5 nitrogen and oxygen atoms in total. The summed E-state index contributed by atoms with van der Waals surface area (Å²) in [6.45, 7) is 2.81. The lowest BCUT2D eigenvalue weighted by molar-refractivity contribution is 0.0696. The van der Waals surface area contributed by atoms with E-state index in [0.29, 0.717) is 24.6 Å². The molecule has 0 aliphatic carbocycles. The first-order valence-electron chi connectivity index (χ1n) is 6.75. The average Bonchev–Trinajstić information content (AvgIpc) is 2.91. The molecule has 1 aromatic heterocycles. The number of hydrogen-bond donors (Lipinski definition) is 1. The number of nitrogens with zero attached hydrogens (tertiary/aromatic N) is 1. The zero-order valence-electron chi connectivity index (χ0n) is 11.6. The summed E-state index contributed by atoms with van der Waals surface area (Å²) in [5, 5.41) is 9.05. The van der Waals surface area contributed by atoms with Crippen LogP contribution in [0.25, 0.3) is 0 Å². The van der Waals surface area contributed by atoms with Crippen LogP contribution in [-0.2, 0) is 13.0 Å². The highest BCUT2D eigenvalue weighted by atomic mass is 16.4. The SMILES string of the molecule is Cc1ccc(C(=O)N2CCc3ccc(C(=O)O)cc3C2)o1. The van der Waals surface area contributed by atoms with E-state index >= 15 is 0 Å². The van der Waals surface area contributed by atoms with Crippen molar-refractivity contribution < 1.29 is 19.1 Å². The highest BCUT2D eigenvalue weighted by Gasteiger charge is 2.24. The number of aromatic carboxylic acids is 1. The van der Waals surface area contributed by atoms with Gasteiger partial charge in [-0.15, -0.1) is 0 Å². The molecule has 21 heavy (non-hydrogen) atoms. The molecular weight excluding hydrogens is 270 g/mol. The van der Waals surface area contributed by atoms with Crippen molar-refractivity contribution in [3.05, 3.63) is 58.5 Å². The van der Waals surface area contributed by atoms with E-state index in [1.54, 1.807) is 36.1 Å². The van der Waals surface area contributed by atoms with Crippen molar-refractivity contribution in [3.8, 4) is 0 Å². The van der Waals surface area contributed by atoms with Gasteiger partial charge in [-0.2, -0.15) is 0 Å². The zero-order chi connectivity index (χ0) is 15.0. The quantitative estimate of drug-likeness (QED) is 0.920. The maximum atomic E-state index is 12.4. The monoisotopic (exact) mass is 285 g/mol. The summed E-state index contributed by atoms with van der Waals surface area (Å²) < 4.78 is 5.36. The summed E-state index contributed by atoms with van der Waals surface area (Å²) >= 11 is 0. The number of carboxylic acids is 1. The third-order valence-corrected chi connectivity index (χ3v) is 3.70. The van der Waals surface area contributed by atoms with Gasteiger partial charge in [0.05, 0.1) is 5.56 Å². The lowest BCUT2D eigenvalue weighted by Gasteiger charge is -2.28. The molecule has 0 atom stereocenters. The van der Waals surface area contributed by atoms with Crippen molar-refractivity contribution in [2.24, 2.45) is 0 Å². The van der Waals surface area contributed by atoms with Crippen LogP contribution in [0.5, 0.6) is 0 Å². The number of carbonyl (C=O) groups is 2. The topological polar surface area (TPSA) is 70.8 Å². The molecule has 108 valence electrons. The van der Waals surface area contributed by atoms with Crippen LogP contribution >= 0.6 is 0 Å². The Hall–Kier alpha value is -2.56. The number of fused-ring (bicyclic) bond motifs is 1. The minimum Gasteiger partial charge on any atom is -0.478 e. The lowest BCUT2D eigenvalue weighted by atomic mass is 9.97. The molecule has 0 saturated carbocycles. The first kappa shape index (κ1) is 13.4. The van der Waals surface area contributed by atoms with Gasteiger partial charge in [0.15, 0.2) is 5.76 Å². The molecule has 2 heterocycles. The summed E-state index contributed by atoms with van der Waals surface area (Å²) in [6, 6.07) is 8.51. The summed E-state index contributed by atoms with van der Waals surface area (Å²) in [7, 11) is 0. The highest BCUT2D eigenvalue weighted by Crippen LogP contribution is 2.22. The summed E-state index contributed by atoms with van der Waals surface area (Å²) in [4.78, 5) is 25.1. The molecule has 0 saturated heterocycles. The van der Waals surface area contributed by atoms with Gasteiger partial charge in [0.1, 0.15) is 5.76 Å². The molecule has 1 amide bonds. The molecule has 1 N–H and O–H groups in total. The van der Waals surface area contributed by atoms with E-state index in [2.05, 4.69) is 0 Å². The van der Waals surface area contributed by atoms with E-state index in [0.717, 1.165) is 17.5 Å². The van der Waals surface area contributed by atoms with Crippen LogP contribution in [0, 0.1) is 6.92 Å². The maximum absolute atomic E-state index is 12.4. The number of aryl methyl sites for hydroxylation is 1. The molecule has 0 radical (unpaired) electrons. The van der Waals surface area contributed by atoms with Gasteiger partial charge in [-0.3, -0.25) is 4.79 Å². The molecule has 2 aromatic rings. The first-order valence-corrected chi connectivity index (χ1v) is 6.75. The van der Waals surface area contributed by atoms with Gasteiger partial charge < -0.3 is 14.4 Å². The number of hydrogen-bond acceptors (Lipinski definition) is 3. The Morgan fingerprint density at radius 2 is 2.00 bits per heavy atom. The molecule has 1 aliphatic rings. The van der Waals surface area contributed by atoms with Crippen LogP contribution in [0.3, 0.4) is 0 Å². The second kappa shape index (κ2) is 5.09. The third-order valence-electron chi connectivity index (χ3n) is 3.70. The molecule has 1 aromatic carbocycles. The number of rotatable bonds is 2. The van der Waals surface area contributed by atoms with Crippen molar-refractivity contribution in [1.82, 2.24) is 4.90 Å². The van der Waals surface area contributed by atoms with E-state index in [-0.39, 0.29) is 11.5 Å². The largest absolute Gasteiger partial charge is 0.478 e. The van der Waals surface area contributed by atoms with Gasteiger partial charge in [-0.25, -0.2) is 4.79 Å². The van der Waals surface area contributed by atoms with E-state index in [1.165, 1.54) is 0 Å². The Kier molecular flexibility index (Phi) is 3.25. The summed E-state index contributed by atoms with van der Waals surface area (Å²) in [6.07, 6.45) is 0.723. The van der Waals surface area contributed by atoms with E-state index in [4.69, 9.17) is 9.52 Å². The average molecular weight is 285 g/mol. The van der Waals surface area contributed by atoms with Gasteiger partial charge in [-0.05, 0) is 48.7 Å². The molecule has 5 heteroatoms. The van der Waals surface area contributed by atoms with Crippen molar-refractivity contribution >= 4 is 11.9 Å². The minimum absolute atomic E-state index is 0.158. The van der Waals surface area contributed by atoms with Gasteiger partial charge in [0.2, 0.25) is 0 Å². The van der Waals surface area contributed by atoms with Crippen LogP contribution in [0.1, 0.15) is 37.8 Å². The molecule has 1 aliphatic heterocycles. The molecule has 0 unspecified atom stereocenters. The number of carbonyl (C=O) groups excluding carboxylic acids is 1. The number of amides is 1. The van der Waals surface area contributed by atoms with Crippen molar-refractivity contribution in [3.63, 3.8) is 0 Å². The Morgan fingerprint density at radius 1 is 1.19 bits per heavy atom. The van der Waals surface area contributed by atoms with E-state index in [9.17, 15) is 9.59 Å². The van der Waals surface area contributed by atoms with Crippen LogP contribution in [0.2, 0.25) is 0 Å². The Labute approximate surface area is 121 Å². The predicted molar refractivity (Wildman–Crippen MR) is 75.3 cm³/mol. The van der Waals surface area contributed by atoms with E-state index < -0.39 is 5.97 Å². The molecule has 0 spiro atoms. The number of benzene rings is 1. The van der Waals surface area contributed by atoms with Gasteiger partial charge in [-0.1, -0.05) is 6.07 Å². The highest BCUT2D eigenvalue weighted by molar-refractivity contribution is 5.92. The third kappa shape index (κ3) is 2.54. The van der Waals surface area contributed by atoms with Crippen LogP contribution in [0.15, 0.2) is 34.7 Å². The first-order chi connectivity index (χ1) is 10.0. The van der Waals surface area contributed by atoms with Gasteiger partial charge in [0.25, 0.3) is 5.91 Å². The Bertz CT molecular complexity index is 717. The summed E-state index contributed by atoms with van der Waals surface area (Å²) in [5.74, 6) is -0.0911. The van der Waals surface area contributed by atoms with Crippen LogP contribution < -0.4 is 0 Å². The molecular formula is C16H15NO4. The Morgan fingerprint density at radius 3 is 2.67 bits per heavy atom. The van der Waals surface area contributed by atoms with Gasteiger partial charge >= 0.3 is 5.97 Å². The second-order valence-corrected chi connectivity index (χ2v) is 5.18. The van der Waals surface area contributed by atoms with Crippen molar-refractivity contribution in [2.45, 2.75) is 19.9 Å². The fraction of sp³-hybridized carbons (Fsp3) is 0.250. The lowest BCUT2D eigenvalue weighted by Crippen LogP contribution is -2.35. The van der Waals surface area contributed by atoms with Gasteiger partial charge in [0, 0.05) is 13.1 Å². The van der Waals surface area contributed by atoms with Crippen LogP contribution in [-0.4, -0.2) is 28.4 Å². The molecule has 0 fully saturated rings. The van der Waals surface area contributed by atoms with Crippen molar-refractivity contribution in [1.29, 1.82) is 0 Å². The standard InChI is InChI=1S/C16H15NO4/c1-10-2-5-14(21-10)15(18)17-7-6-11-3-4-12(16(19)20)8-13(11)9-17/h2-5,8H,6-7,9H2,1H3,(H,19,20). The van der Waals surface area contributed by atoms with Crippen LogP contribution in [0.4, 0.5) is 0 Å². The second-order valence-electron chi connectivity index (χ2n) is 5.18.